The first kappa shape index (κ1) is 27.8. The molecule has 1 aromatic carbocycles. The number of anilines is 2. The van der Waals surface area contributed by atoms with Crippen molar-refractivity contribution in [3.63, 3.8) is 0 Å². The molecular weight excluding hydrogens is 498 g/mol. The number of nitrogens with one attached hydrogen (secondary N) is 1. The van der Waals surface area contributed by atoms with Crippen molar-refractivity contribution in [2.45, 2.75) is 34.2 Å². The van der Waals surface area contributed by atoms with Crippen molar-refractivity contribution in [2.75, 3.05) is 45.8 Å². The van der Waals surface area contributed by atoms with Crippen LogP contribution in [0.1, 0.15) is 26.5 Å². The van der Waals surface area contributed by atoms with Crippen molar-refractivity contribution in [2.24, 2.45) is 0 Å². The topological polar surface area (TPSA) is 117 Å². The second-order valence-corrected chi connectivity index (χ2v) is 8.80. The number of nitrogens with zero attached hydrogens (tertiary/aromatic N) is 6. The Morgan fingerprint density at radius 2 is 1.77 bits per heavy atom. The molecule has 3 aromatic heterocycles. The Hall–Kier alpha value is -4.25. The van der Waals surface area contributed by atoms with E-state index in [-0.39, 0.29) is 11.5 Å². The third kappa shape index (κ3) is 5.93. The molecule has 0 aliphatic rings. The molecule has 11 heteroatoms. The minimum absolute atomic E-state index is 0.245. The molecule has 0 saturated carbocycles. The molecule has 0 atom stereocenters. The van der Waals surface area contributed by atoms with Crippen LogP contribution in [0, 0.1) is 6.92 Å². The first-order valence-corrected chi connectivity index (χ1v) is 13.0. The van der Waals surface area contributed by atoms with E-state index in [4.69, 9.17) is 14.2 Å². The van der Waals surface area contributed by atoms with Crippen LogP contribution in [0.2, 0.25) is 0 Å². The normalized spacial score (nSPS) is 11.2. The molecule has 206 valence electrons. The molecule has 0 radical (unpaired) electrons. The first-order valence-electron chi connectivity index (χ1n) is 13.0. The van der Waals surface area contributed by atoms with E-state index in [0.717, 1.165) is 31.1 Å². The average Bonchev–Trinajstić information content (AvgIpc) is 2.96. The number of methoxy groups -OCH3 is 2. The van der Waals surface area contributed by atoms with Crippen LogP contribution in [0.5, 0.6) is 17.2 Å². The van der Waals surface area contributed by atoms with Gasteiger partial charge in [-0.3, -0.25) is 14.3 Å². The molecule has 11 nitrogen and oxygen atoms in total. The van der Waals surface area contributed by atoms with Crippen LogP contribution >= 0.6 is 0 Å². The van der Waals surface area contributed by atoms with Gasteiger partial charge in [-0.25, -0.2) is 0 Å². The minimum Gasteiger partial charge on any atom is -0.494 e. The van der Waals surface area contributed by atoms with E-state index in [1.54, 1.807) is 16.8 Å². The molecule has 4 aromatic rings. The Labute approximate surface area is 227 Å². The SMILES string of the molecule is CCN(CC)CCOc1ccc(Nc2nnc3cc(-c4c(OC)cnc(C)c4OC)c(=O)n(CC)c3n2)cc1. The molecule has 3 heterocycles. The third-order valence-corrected chi connectivity index (χ3v) is 6.57. The van der Waals surface area contributed by atoms with Gasteiger partial charge < -0.3 is 24.4 Å². The molecule has 0 unspecified atom stereocenters. The van der Waals surface area contributed by atoms with Crippen LogP contribution in [0.15, 0.2) is 41.3 Å². The Balaban J connectivity index is 1.62. The molecule has 0 aliphatic carbocycles. The summed E-state index contributed by atoms with van der Waals surface area (Å²) in [6, 6.07) is 9.23. The maximum Gasteiger partial charge on any atom is 0.260 e. The molecular formula is C28H35N7O4. The van der Waals surface area contributed by atoms with Crippen LogP contribution in [0.25, 0.3) is 22.3 Å². The summed E-state index contributed by atoms with van der Waals surface area (Å²) < 4.78 is 18.5. The maximum atomic E-state index is 13.6. The zero-order valence-electron chi connectivity index (χ0n) is 23.3. The highest BCUT2D eigenvalue weighted by Crippen LogP contribution is 2.38. The molecule has 4 rings (SSSR count). The molecule has 1 N–H and O–H groups in total. The van der Waals surface area contributed by atoms with Gasteiger partial charge in [0, 0.05) is 18.8 Å². The largest absolute Gasteiger partial charge is 0.494 e. The number of ether oxygens (including phenoxy) is 3. The highest BCUT2D eigenvalue weighted by Gasteiger charge is 2.22. The standard InChI is InChI=1S/C28H35N7O4/c1-7-34(8-2)14-15-39-20-12-10-19(11-13-20)30-28-31-26-22(32-33-28)16-21(27(36)35(26)9-3)24-23(37-5)17-29-18(4)25(24)38-6/h10-13,16-17H,7-9,14-15H2,1-6H3,(H,30,31,33). The lowest BCUT2D eigenvalue weighted by Gasteiger charge is -2.18. The van der Waals surface area contributed by atoms with Crippen LogP contribution < -0.4 is 25.1 Å². The quantitative estimate of drug-likeness (QED) is 0.286. The predicted molar refractivity (Wildman–Crippen MR) is 151 cm³/mol. The number of aromatic nitrogens is 5. The van der Waals surface area contributed by atoms with Gasteiger partial charge >= 0.3 is 0 Å². The molecule has 0 aliphatic heterocycles. The van der Waals surface area contributed by atoms with E-state index in [1.165, 1.54) is 14.2 Å². The zero-order chi connectivity index (χ0) is 27.9. The van der Waals surface area contributed by atoms with Gasteiger partial charge in [0.25, 0.3) is 5.56 Å². The number of rotatable bonds is 12. The van der Waals surface area contributed by atoms with E-state index in [0.29, 0.717) is 52.6 Å². The number of hydrogen-bond acceptors (Lipinski definition) is 10. The number of likely N-dealkylation sites (N-methyl/N-ethyl adjacent to an activating group) is 1. The number of benzene rings is 1. The summed E-state index contributed by atoms with van der Waals surface area (Å²) in [5.41, 5.74) is 2.94. The van der Waals surface area contributed by atoms with E-state index >= 15 is 0 Å². The molecule has 0 saturated heterocycles. The Bertz CT molecular complexity index is 1480. The Kier molecular flexibility index (Phi) is 8.92. The summed E-state index contributed by atoms with van der Waals surface area (Å²) in [6.45, 7) is 11.9. The maximum absolute atomic E-state index is 13.6. The van der Waals surface area contributed by atoms with Crippen molar-refractivity contribution in [3.8, 4) is 28.4 Å². The second kappa shape index (κ2) is 12.5. The fourth-order valence-electron chi connectivity index (χ4n) is 4.41. The van der Waals surface area contributed by atoms with Gasteiger partial charge in [-0.2, -0.15) is 4.98 Å². The smallest absolute Gasteiger partial charge is 0.260 e. The van der Waals surface area contributed by atoms with Gasteiger partial charge in [-0.05, 0) is 57.3 Å². The van der Waals surface area contributed by atoms with E-state index in [9.17, 15) is 4.79 Å². The second-order valence-electron chi connectivity index (χ2n) is 8.80. The van der Waals surface area contributed by atoms with Crippen LogP contribution in [-0.2, 0) is 6.54 Å². The molecule has 0 bridgehead atoms. The summed E-state index contributed by atoms with van der Waals surface area (Å²) in [4.78, 5) is 24.9. The van der Waals surface area contributed by atoms with E-state index in [1.807, 2.05) is 38.1 Å². The molecule has 0 spiro atoms. The number of hydrogen-bond donors (Lipinski definition) is 1. The molecule has 0 amide bonds. The lowest BCUT2D eigenvalue weighted by molar-refractivity contribution is 0.223. The van der Waals surface area contributed by atoms with Crippen molar-refractivity contribution < 1.29 is 14.2 Å². The third-order valence-electron chi connectivity index (χ3n) is 6.57. The van der Waals surface area contributed by atoms with E-state index < -0.39 is 0 Å². The zero-order valence-corrected chi connectivity index (χ0v) is 23.3. The Morgan fingerprint density at radius 1 is 1.03 bits per heavy atom. The van der Waals surface area contributed by atoms with Crippen LogP contribution in [-0.4, -0.2) is 70.1 Å². The van der Waals surface area contributed by atoms with Gasteiger partial charge in [-0.1, -0.05) is 13.8 Å². The Morgan fingerprint density at radius 3 is 2.41 bits per heavy atom. The van der Waals surface area contributed by atoms with Gasteiger partial charge in [0.1, 0.15) is 23.6 Å². The number of aryl methyl sites for hydroxylation is 2. The fourth-order valence-corrected chi connectivity index (χ4v) is 4.41. The van der Waals surface area contributed by atoms with Gasteiger partial charge in [0.05, 0.1) is 37.2 Å². The number of fused-ring (bicyclic) bond motifs is 1. The van der Waals surface area contributed by atoms with Crippen LogP contribution in [0.4, 0.5) is 11.6 Å². The predicted octanol–water partition coefficient (Wildman–Crippen LogP) is 4.06. The van der Waals surface area contributed by atoms with Crippen molar-refractivity contribution in [1.82, 2.24) is 29.6 Å². The lowest BCUT2D eigenvalue weighted by atomic mass is 10.0. The van der Waals surface area contributed by atoms with Crippen molar-refractivity contribution in [3.05, 3.63) is 52.6 Å². The number of pyridine rings is 2. The van der Waals surface area contributed by atoms with Gasteiger partial charge in [0.15, 0.2) is 11.4 Å². The summed E-state index contributed by atoms with van der Waals surface area (Å²) in [6.07, 6.45) is 1.57. The fraction of sp³-hybridized carbons (Fsp3) is 0.393. The summed E-state index contributed by atoms with van der Waals surface area (Å²) in [5.74, 6) is 1.96. The highest BCUT2D eigenvalue weighted by molar-refractivity contribution is 5.83. The van der Waals surface area contributed by atoms with Gasteiger partial charge in [-0.15, -0.1) is 10.2 Å². The van der Waals surface area contributed by atoms with E-state index in [2.05, 4.69) is 44.2 Å². The molecule has 39 heavy (non-hydrogen) atoms. The first-order chi connectivity index (χ1) is 18.9. The lowest BCUT2D eigenvalue weighted by Crippen LogP contribution is -2.27. The summed E-state index contributed by atoms with van der Waals surface area (Å²) >= 11 is 0. The van der Waals surface area contributed by atoms with Crippen molar-refractivity contribution >= 4 is 22.8 Å². The van der Waals surface area contributed by atoms with Gasteiger partial charge in [0.2, 0.25) is 5.95 Å². The summed E-state index contributed by atoms with van der Waals surface area (Å²) in [7, 11) is 3.07. The monoisotopic (exact) mass is 533 g/mol. The highest BCUT2D eigenvalue weighted by atomic mass is 16.5. The van der Waals surface area contributed by atoms with Crippen LogP contribution in [0.3, 0.4) is 0 Å². The average molecular weight is 534 g/mol. The summed E-state index contributed by atoms with van der Waals surface area (Å²) in [5, 5.41) is 11.8. The van der Waals surface area contributed by atoms with Crippen molar-refractivity contribution in [1.29, 1.82) is 0 Å². The molecule has 0 fully saturated rings. The minimum atomic E-state index is -0.245.